The predicted molar refractivity (Wildman–Crippen MR) is 102 cm³/mol. The molecular weight excluding hydrogens is 368 g/mol. The van der Waals surface area contributed by atoms with Crippen molar-refractivity contribution in [3.05, 3.63) is 57.7 Å². The van der Waals surface area contributed by atoms with Crippen LogP contribution in [-0.4, -0.2) is 22.0 Å². The molecule has 2 aromatic heterocycles. The predicted octanol–water partition coefficient (Wildman–Crippen LogP) is 3.64. The lowest BCUT2D eigenvalue weighted by Gasteiger charge is -2.27. The molecule has 1 N–H and O–H groups in total. The van der Waals surface area contributed by atoms with E-state index in [-0.39, 0.29) is 24.3 Å². The molecule has 4 rings (SSSR count). The van der Waals surface area contributed by atoms with Gasteiger partial charge >= 0.3 is 0 Å². The lowest BCUT2D eigenvalue weighted by atomic mass is 9.97. The van der Waals surface area contributed by atoms with Gasteiger partial charge in [-0.15, -0.1) is 21.5 Å². The van der Waals surface area contributed by atoms with Crippen LogP contribution in [0.5, 0.6) is 0 Å². The summed E-state index contributed by atoms with van der Waals surface area (Å²) in [4.78, 5) is 28.4. The Kier molecular flexibility index (Phi) is 4.52. The lowest BCUT2D eigenvalue weighted by Crippen LogP contribution is -2.31. The first-order valence-electron chi connectivity index (χ1n) is 8.12. The first kappa shape index (κ1) is 16.9. The van der Waals surface area contributed by atoms with Gasteiger partial charge in [0.25, 0.3) is 0 Å². The highest BCUT2D eigenvalue weighted by molar-refractivity contribution is 7.13. The third-order valence-electron chi connectivity index (χ3n) is 4.40. The second-order valence-electron chi connectivity index (χ2n) is 6.10. The zero-order valence-corrected chi connectivity index (χ0v) is 15.6. The van der Waals surface area contributed by atoms with Crippen molar-refractivity contribution in [3.63, 3.8) is 0 Å². The fourth-order valence-electron chi connectivity index (χ4n) is 3.19. The zero-order chi connectivity index (χ0) is 18.1. The Balaban J connectivity index is 1.69. The molecule has 2 unspecified atom stereocenters. The van der Waals surface area contributed by atoms with Crippen LogP contribution in [0.1, 0.15) is 22.9 Å². The Hall–Kier alpha value is -2.58. The van der Waals surface area contributed by atoms with Crippen LogP contribution in [-0.2, 0) is 9.59 Å². The van der Waals surface area contributed by atoms with E-state index in [1.165, 1.54) is 11.3 Å². The third-order valence-corrected chi connectivity index (χ3v) is 5.95. The van der Waals surface area contributed by atoms with Crippen LogP contribution in [0.25, 0.3) is 0 Å². The van der Waals surface area contributed by atoms with Crippen molar-refractivity contribution in [2.45, 2.75) is 19.4 Å². The number of carbonyl (C=O) groups excluding carboxylic acids is 2. The topological polar surface area (TPSA) is 75.2 Å². The van der Waals surface area contributed by atoms with Crippen molar-refractivity contribution in [3.8, 4) is 0 Å². The second-order valence-corrected chi connectivity index (χ2v) is 7.92. The molecule has 1 aliphatic heterocycles. The maximum absolute atomic E-state index is 12.8. The number of benzene rings is 1. The monoisotopic (exact) mass is 384 g/mol. The molecular formula is C18H16N4O2S2. The molecule has 1 aliphatic rings. The fourth-order valence-corrected chi connectivity index (χ4v) is 4.52. The Morgan fingerprint density at radius 2 is 2.04 bits per heavy atom. The number of nitrogens with zero attached hydrogens (tertiary/aromatic N) is 3. The van der Waals surface area contributed by atoms with Gasteiger partial charge in [0.05, 0.1) is 12.0 Å². The van der Waals surface area contributed by atoms with Crippen LogP contribution in [0, 0.1) is 12.8 Å². The summed E-state index contributed by atoms with van der Waals surface area (Å²) in [5.74, 6) is -0.737. The number of anilines is 2. The van der Waals surface area contributed by atoms with Gasteiger partial charge in [-0.3, -0.25) is 9.59 Å². The number of hydrogen-bond acceptors (Lipinski definition) is 6. The summed E-state index contributed by atoms with van der Waals surface area (Å²) >= 11 is 2.81. The summed E-state index contributed by atoms with van der Waals surface area (Å²) in [7, 11) is 0. The summed E-state index contributed by atoms with van der Waals surface area (Å²) in [5, 5.41) is 12.8. The first-order valence-corrected chi connectivity index (χ1v) is 9.88. The molecule has 1 saturated heterocycles. The van der Waals surface area contributed by atoms with Crippen molar-refractivity contribution < 1.29 is 9.59 Å². The van der Waals surface area contributed by atoms with E-state index in [0.29, 0.717) is 5.13 Å². The minimum absolute atomic E-state index is 0.0512. The van der Waals surface area contributed by atoms with E-state index in [2.05, 4.69) is 15.5 Å². The average molecular weight is 384 g/mol. The smallest absolute Gasteiger partial charge is 0.232 e. The van der Waals surface area contributed by atoms with Gasteiger partial charge in [-0.2, -0.15) is 0 Å². The van der Waals surface area contributed by atoms with Crippen LogP contribution in [0.15, 0.2) is 47.3 Å². The summed E-state index contributed by atoms with van der Waals surface area (Å²) in [6.45, 7) is 2.00. The van der Waals surface area contributed by atoms with Gasteiger partial charge in [-0.1, -0.05) is 35.1 Å². The molecule has 26 heavy (non-hydrogen) atoms. The molecule has 2 atom stereocenters. The van der Waals surface area contributed by atoms with Crippen LogP contribution in [0.4, 0.5) is 10.8 Å². The van der Waals surface area contributed by atoms with Crippen molar-refractivity contribution in [2.75, 3.05) is 10.2 Å². The maximum atomic E-state index is 12.8. The molecule has 0 saturated carbocycles. The molecule has 0 aliphatic carbocycles. The highest BCUT2D eigenvalue weighted by atomic mass is 32.1. The van der Waals surface area contributed by atoms with Crippen molar-refractivity contribution in [2.24, 2.45) is 5.92 Å². The van der Waals surface area contributed by atoms with E-state index in [0.717, 1.165) is 16.1 Å². The van der Waals surface area contributed by atoms with Crippen LogP contribution >= 0.6 is 22.7 Å². The van der Waals surface area contributed by atoms with Crippen LogP contribution in [0.3, 0.4) is 0 Å². The lowest BCUT2D eigenvalue weighted by molar-refractivity contribution is -0.122. The molecule has 3 heterocycles. The van der Waals surface area contributed by atoms with E-state index in [9.17, 15) is 9.59 Å². The molecule has 0 bridgehead atoms. The van der Waals surface area contributed by atoms with Gasteiger partial charge in [0.15, 0.2) is 0 Å². The van der Waals surface area contributed by atoms with Gasteiger partial charge in [-0.05, 0) is 30.5 Å². The molecule has 1 aromatic carbocycles. The number of rotatable bonds is 4. The third kappa shape index (κ3) is 3.13. The molecule has 6 nitrogen and oxygen atoms in total. The van der Waals surface area contributed by atoms with E-state index >= 15 is 0 Å². The Morgan fingerprint density at radius 1 is 1.23 bits per heavy atom. The minimum Gasteiger partial charge on any atom is -0.303 e. The highest BCUT2D eigenvalue weighted by Gasteiger charge is 2.45. The Labute approximate surface area is 158 Å². The highest BCUT2D eigenvalue weighted by Crippen LogP contribution is 2.43. The molecule has 1 fully saturated rings. The average Bonchev–Trinajstić information content (AvgIpc) is 3.36. The first-order chi connectivity index (χ1) is 12.6. The van der Waals surface area contributed by atoms with Gasteiger partial charge in [0.2, 0.25) is 16.9 Å². The Morgan fingerprint density at radius 3 is 2.69 bits per heavy atom. The summed E-state index contributed by atoms with van der Waals surface area (Å²) in [6.07, 6.45) is 0.168. The van der Waals surface area contributed by atoms with E-state index in [1.54, 1.807) is 21.7 Å². The normalized spacial score (nSPS) is 19.7. The van der Waals surface area contributed by atoms with Crippen molar-refractivity contribution in [1.82, 2.24) is 10.2 Å². The zero-order valence-electron chi connectivity index (χ0n) is 14.0. The summed E-state index contributed by atoms with van der Waals surface area (Å²) < 4.78 is 0. The van der Waals surface area contributed by atoms with Gasteiger partial charge in [0, 0.05) is 17.0 Å². The quantitative estimate of drug-likeness (QED) is 0.745. The van der Waals surface area contributed by atoms with Crippen molar-refractivity contribution in [1.29, 1.82) is 0 Å². The minimum atomic E-state index is -0.480. The number of hydrogen-bond donors (Lipinski definition) is 1. The molecule has 0 spiro atoms. The number of aromatic nitrogens is 2. The molecule has 8 heteroatoms. The van der Waals surface area contributed by atoms with Gasteiger partial charge in [-0.25, -0.2) is 0 Å². The van der Waals surface area contributed by atoms with Crippen LogP contribution < -0.4 is 10.2 Å². The SMILES string of the molecule is Cc1ccc(N2C(=O)CC(C(=O)Nc3nncs3)C2c2cccs2)cc1. The Bertz CT molecular complexity index is 907. The second kappa shape index (κ2) is 6.97. The van der Waals surface area contributed by atoms with Crippen LogP contribution in [0.2, 0.25) is 0 Å². The van der Waals surface area contributed by atoms with E-state index in [1.807, 2.05) is 48.7 Å². The van der Waals surface area contributed by atoms with E-state index in [4.69, 9.17) is 0 Å². The van der Waals surface area contributed by atoms with Gasteiger partial charge in [0.1, 0.15) is 5.51 Å². The van der Waals surface area contributed by atoms with Gasteiger partial charge < -0.3 is 10.2 Å². The van der Waals surface area contributed by atoms with E-state index < -0.39 is 5.92 Å². The molecule has 3 aromatic rings. The number of aryl methyl sites for hydroxylation is 1. The molecule has 132 valence electrons. The standard InChI is InChI=1S/C18H16N4O2S2/c1-11-4-6-12(7-5-11)22-15(23)9-13(16(22)14-3-2-8-25-14)17(24)20-18-21-19-10-26-18/h2-8,10,13,16H,9H2,1H3,(H,20,21,24). The fraction of sp³-hybridized carbons (Fsp3) is 0.222. The summed E-state index contributed by atoms with van der Waals surface area (Å²) in [5.41, 5.74) is 3.49. The number of amides is 2. The maximum Gasteiger partial charge on any atom is 0.232 e. The summed E-state index contributed by atoms with van der Waals surface area (Å²) in [6, 6.07) is 11.4. The number of thiophene rings is 1. The van der Waals surface area contributed by atoms with Crippen molar-refractivity contribution >= 4 is 45.3 Å². The largest absolute Gasteiger partial charge is 0.303 e. The molecule has 2 amide bonds. The number of carbonyl (C=O) groups is 2. The number of nitrogens with one attached hydrogen (secondary N) is 1. The molecule has 0 radical (unpaired) electrons.